The fourth-order valence-electron chi connectivity index (χ4n) is 4.45. The van der Waals surface area contributed by atoms with Crippen LogP contribution in [0.2, 0.25) is 0 Å². The van der Waals surface area contributed by atoms with E-state index < -0.39 is 11.5 Å². The van der Waals surface area contributed by atoms with E-state index >= 15 is 0 Å². The molecule has 36 heavy (non-hydrogen) atoms. The molecule has 0 radical (unpaired) electrons. The van der Waals surface area contributed by atoms with E-state index in [0.717, 1.165) is 44.0 Å². The van der Waals surface area contributed by atoms with Crippen LogP contribution in [-0.4, -0.2) is 72.1 Å². The smallest absolute Gasteiger partial charge is 0.263 e. The van der Waals surface area contributed by atoms with Crippen LogP contribution in [0.1, 0.15) is 21.5 Å². The summed E-state index contributed by atoms with van der Waals surface area (Å²) in [4.78, 5) is 37.5. The fourth-order valence-corrected chi connectivity index (χ4v) is 4.45. The maximum Gasteiger partial charge on any atom is 0.263 e. The van der Waals surface area contributed by atoms with Crippen molar-refractivity contribution in [1.29, 1.82) is 0 Å². The van der Waals surface area contributed by atoms with Crippen LogP contribution >= 0.6 is 0 Å². The zero-order chi connectivity index (χ0) is 25.1. The van der Waals surface area contributed by atoms with E-state index in [-0.39, 0.29) is 5.56 Å². The molecule has 1 amide bonds. The molecule has 2 aromatic heterocycles. The number of anilines is 4. The highest BCUT2D eigenvalue weighted by Gasteiger charge is 2.20. The van der Waals surface area contributed by atoms with Gasteiger partial charge in [0.25, 0.3) is 11.5 Å². The third kappa shape index (κ3) is 5.19. The molecule has 5 rings (SSSR count). The number of pyridine rings is 2. The van der Waals surface area contributed by atoms with Gasteiger partial charge in [-0.2, -0.15) is 0 Å². The van der Waals surface area contributed by atoms with Crippen molar-refractivity contribution >= 4 is 28.7 Å². The number of aromatic nitrogens is 2. The molecule has 2 aliphatic heterocycles. The summed E-state index contributed by atoms with van der Waals surface area (Å²) in [5.74, 6) is 0.0560. The van der Waals surface area contributed by atoms with Crippen molar-refractivity contribution in [2.75, 3.05) is 62.3 Å². The van der Waals surface area contributed by atoms with Crippen LogP contribution in [0.5, 0.6) is 5.88 Å². The van der Waals surface area contributed by atoms with Crippen molar-refractivity contribution in [3.63, 3.8) is 0 Å². The number of piperazine rings is 1. The summed E-state index contributed by atoms with van der Waals surface area (Å²) < 4.78 is 5.59. The van der Waals surface area contributed by atoms with Gasteiger partial charge in [-0.05, 0) is 37.7 Å². The van der Waals surface area contributed by atoms with E-state index in [1.165, 1.54) is 11.8 Å². The summed E-state index contributed by atoms with van der Waals surface area (Å²) in [5, 5.41) is 9.36. The van der Waals surface area contributed by atoms with Gasteiger partial charge in [0.2, 0.25) is 5.88 Å². The van der Waals surface area contributed by atoms with Crippen LogP contribution in [-0.2, 0) is 6.54 Å². The molecule has 2 aliphatic rings. The first-order valence-corrected chi connectivity index (χ1v) is 12.1. The summed E-state index contributed by atoms with van der Waals surface area (Å²) >= 11 is 0. The zero-order valence-corrected chi connectivity index (χ0v) is 20.6. The molecule has 1 aromatic carbocycles. The SMILES string of the molecule is Cc1c(Nc2cc[nH]c(=O)c2C(=O)Nc2ccc(CN3CCN(C)CC3)cc2)cnc2c1NCCO2. The summed E-state index contributed by atoms with van der Waals surface area (Å²) in [6, 6.07) is 9.44. The number of likely N-dealkylation sites (N-methyl/N-ethyl adjacent to an activating group) is 1. The summed E-state index contributed by atoms with van der Waals surface area (Å²) in [6.07, 6.45) is 3.15. The van der Waals surface area contributed by atoms with E-state index in [0.29, 0.717) is 36.1 Å². The molecule has 1 saturated heterocycles. The van der Waals surface area contributed by atoms with Crippen LogP contribution in [0.25, 0.3) is 0 Å². The van der Waals surface area contributed by atoms with E-state index in [1.807, 2.05) is 31.2 Å². The Hall–Kier alpha value is -3.89. The highest BCUT2D eigenvalue weighted by Crippen LogP contribution is 2.34. The van der Waals surface area contributed by atoms with E-state index in [9.17, 15) is 9.59 Å². The van der Waals surface area contributed by atoms with E-state index in [4.69, 9.17) is 4.74 Å². The first-order chi connectivity index (χ1) is 17.5. The number of aromatic amines is 1. The number of carbonyl (C=O) groups is 1. The predicted molar refractivity (Wildman–Crippen MR) is 140 cm³/mol. The highest BCUT2D eigenvalue weighted by molar-refractivity contribution is 6.08. The minimum absolute atomic E-state index is 0.000318. The lowest BCUT2D eigenvalue weighted by atomic mass is 10.1. The Labute approximate surface area is 209 Å². The summed E-state index contributed by atoms with van der Waals surface area (Å²) in [5.41, 5.74) is 4.11. The number of nitrogens with one attached hydrogen (secondary N) is 4. The quantitative estimate of drug-likeness (QED) is 0.418. The van der Waals surface area contributed by atoms with Crippen LogP contribution in [0, 0.1) is 6.92 Å². The highest BCUT2D eigenvalue weighted by atomic mass is 16.5. The molecule has 4 heterocycles. The molecule has 0 bridgehead atoms. The van der Waals surface area contributed by atoms with Gasteiger partial charge in [-0.3, -0.25) is 14.5 Å². The van der Waals surface area contributed by atoms with Crippen molar-refractivity contribution in [1.82, 2.24) is 19.8 Å². The topological polar surface area (TPSA) is 115 Å². The molecule has 10 heteroatoms. The molecule has 1 fully saturated rings. The number of hydrogen-bond donors (Lipinski definition) is 4. The van der Waals surface area contributed by atoms with Gasteiger partial charge < -0.3 is 30.6 Å². The number of hydrogen-bond acceptors (Lipinski definition) is 8. The number of H-pyrrole nitrogens is 1. The molecule has 0 aliphatic carbocycles. The molecule has 0 spiro atoms. The Morgan fingerprint density at radius 3 is 2.67 bits per heavy atom. The van der Waals surface area contributed by atoms with Gasteiger partial charge in [0.1, 0.15) is 17.9 Å². The van der Waals surface area contributed by atoms with Gasteiger partial charge in [0.05, 0.1) is 17.6 Å². The van der Waals surface area contributed by atoms with Crippen LogP contribution in [0.3, 0.4) is 0 Å². The molecule has 188 valence electrons. The normalized spacial score (nSPS) is 15.9. The summed E-state index contributed by atoms with van der Waals surface area (Å²) in [7, 11) is 2.14. The van der Waals surface area contributed by atoms with Crippen LogP contribution in [0.4, 0.5) is 22.7 Å². The van der Waals surface area contributed by atoms with Crippen molar-refractivity contribution in [2.45, 2.75) is 13.5 Å². The molecule has 0 saturated carbocycles. The number of rotatable bonds is 6. The van der Waals surface area contributed by atoms with Gasteiger partial charge in [0, 0.05) is 56.7 Å². The Balaban J connectivity index is 1.30. The zero-order valence-electron chi connectivity index (χ0n) is 20.6. The Kier molecular flexibility index (Phi) is 6.88. The lowest BCUT2D eigenvalue weighted by molar-refractivity contribution is 0.102. The molecule has 10 nitrogen and oxygen atoms in total. The minimum Gasteiger partial charge on any atom is -0.474 e. The molecular weight excluding hydrogens is 458 g/mol. The number of nitrogens with zero attached hydrogens (tertiary/aromatic N) is 3. The molecule has 0 atom stereocenters. The van der Waals surface area contributed by atoms with Gasteiger partial charge in [-0.1, -0.05) is 12.1 Å². The van der Waals surface area contributed by atoms with E-state index in [1.54, 1.807) is 12.3 Å². The van der Waals surface area contributed by atoms with Gasteiger partial charge >= 0.3 is 0 Å². The monoisotopic (exact) mass is 489 g/mol. The summed E-state index contributed by atoms with van der Waals surface area (Å²) in [6.45, 7) is 8.29. The second kappa shape index (κ2) is 10.4. The molecule has 0 unspecified atom stereocenters. The van der Waals surface area contributed by atoms with Crippen LogP contribution in [0.15, 0.2) is 47.5 Å². The van der Waals surface area contributed by atoms with Crippen molar-refractivity contribution < 1.29 is 9.53 Å². The number of amides is 1. The maximum atomic E-state index is 13.2. The molecular formula is C26H31N7O3. The fraction of sp³-hybridized carbons (Fsp3) is 0.346. The average molecular weight is 490 g/mol. The standard InChI is InChI=1S/C26H31N7O3/c1-17-21(15-29-26-23(17)27-9-14-36-26)31-20-7-8-28-24(34)22(20)25(35)30-19-5-3-18(4-6-19)16-33-12-10-32(2)11-13-33/h3-8,15,27H,9-14,16H2,1-2H3,(H,30,35)(H2,28,31,34). The second-order valence-electron chi connectivity index (χ2n) is 9.20. The first-order valence-electron chi connectivity index (χ1n) is 12.1. The third-order valence-corrected chi connectivity index (χ3v) is 6.62. The number of benzene rings is 1. The van der Waals surface area contributed by atoms with Gasteiger partial charge in [-0.15, -0.1) is 0 Å². The lowest BCUT2D eigenvalue weighted by Gasteiger charge is -2.32. The molecule has 4 N–H and O–H groups in total. The van der Waals surface area contributed by atoms with Crippen molar-refractivity contribution in [3.05, 3.63) is 69.8 Å². The largest absolute Gasteiger partial charge is 0.474 e. The number of carbonyl (C=O) groups excluding carboxylic acids is 1. The van der Waals surface area contributed by atoms with Gasteiger partial charge in [0.15, 0.2) is 0 Å². The predicted octanol–water partition coefficient (Wildman–Crippen LogP) is 2.63. The first kappa shape index (κ1) is 23.8. The minimum atomic E-state index is -0.490. The second-order valence-corrected chi connectivity index (χ2v) is 9.20. The van der Waals surface area contributed by atoms with Crippen molar-refractivity contribution in [2.24, 2.45) is 0 Å². The Morgan fingerprint density at radius 1 is 1.11 bits per heavy atom. The third-order valence-electron chi connectivity index (χ3n) is 6.62. The maximum absolute atomic E-state index is 13.2. The van der Waals surface area contributed by atoms with Crippen molar-refractivity contribution in [3.8, 4) is 5.88 Å². The van der Waals surface area contributed by atoms with E-state index in [2.05, 4.69) is 42.8 Å². The lowest BCUT2D eigenvalue weighted by Crippen LogP contribution is -2.43. The van der Waals surface area contributed by atoms with Crippen LogP contribution < -0.4 is 26.2 Å². The number of ether oxygens (including phenoxy) is 1. The Morgan fingerprint density at radius 2 is 1.89 bits per heavy atom. The Bertz CT molecular complexity index is 1300. The van der Waals surface area contributed by atoms with Gasteiger partial charge in [-0.25, -0.2) is 4.98 Å². The average Bonchev–Trinajstić information content (AvgIpc) is 2.88. The molecule has 3 aromatic rings. The number of fused-ring (bicyclic) bond motifs is 1.